The highest BCUT2D eigenvalue weighted by molar-refractivity contribution is 7.98. The Bertz CT molecular complexity index is 419. The van der Waals surface area contributed by atoms with Crippen molar-refractivity contribution in [2.45, 2.75) is 43.1 Å². The van der Waals surface area contributed by atoms with Gasteiger partial charge in [0.05, 0.1) is 6.10 Å². The van der Waals surface area contributed by atoms with Crippen LogP contribution in [0.25, 0.3) is 0 Å². The van der Waals surface area contributed by atoms with E-state index in [1.54, 1.807) is 11.8 Å². The van der Waals surface area contributed by atoms with Gasteiger partial charge in [-0.15, -0.1) is 11.8 Å². The van der Waals surface area contributed by atoms with Gasteiger partial charge in [-0.25, -0.2) is 0 Å². The summed E-state index contributed by atoms with van der Waals surface area (Å²) in [5, 5.41) is 9.22. The topological polar surface area (TPSA) is 33.0 Å². The maximum Gasteiger partial charge on any atom is 0.138 e. The third-order valence-electron chi connectivity index (χ3n) is 3.17. The summed E-state index contributed by atoms with van der Waals surface area (Å²) in [5.74, 6) is 0.756. The van der Waals surface area contributed by atoms with E-state index < -0.39 is 0 Å². The van der Waals surface area contributed by atoms with Crippen molar-refractivity contribution in [1.29, 1.82) is 5.26 Å². The average Bonchev–Trinajstić information content (AvgIpc) is 2.39. The second-order valence-electron chi connectivity index (χ2n) is 4.32. The van der Waals surface area contributed by atoms with Crippen LogP contribution in [0.5, 0.6) is 5.75 Å². The minimum Gasteiger partial charge on any atom is -0.489 e. The number of nitriles is 1. The summed E-state index contributed by atoms with van der Waals surface area (Å²) in [5.41, 5.74) is 0.686. The first kappa shape index (κ1) is 12.3. The SMILES string of the molecule is CSc1cccc(OC2CCCCC2)c1C#N. The van der Waals surface area contributed by atoms with Gasteiger partial charge >= 0.3 is 0 Å². The highest BCUT2D eigenvalue weighted by atomic mass is 32.2. The van der Waals surface area contributed by atoms with Gasteiger partial charge in [0.15, 0.2) is 0 Å². The molecule has 1 aromatic carbocycles. The highest BCUT2D eigenvalue weighted by Crippen LogP contribution is 2.31. The summed E-state index contributed by atoms with van der Waals surface area (Å²) in [6.07, 6.45) is 8.33. The van der Waals surface area contributed by atoms with Crippen LogP contribution in [0.1, 0.15) is 37.7 Å². The average molecular weight is 247 g/mol. The standard InChI is InChI=1S/C14H17NOS/c1-17-14-9-5-8-13(12(14)10-15)16-11-6-3-2-4-7-11/h5,8-9,11H,2-4,6-7H2,1H3. The molecule has 3 heteroatoms. The largest absolute Gasteiger partial charge is 0.489 e. The number of benzene rings is 1. The van der Waals surface area contributed by atoms with Crippen molar-refractivity contribution in [3.63, 3.8) is 0 Å². The van der Waals surface area contributed by atoms with Gasteiger partial charge in [-0.1, -0.05) is 12.5 Å². The number of hydrogen-bond donors (Lipinski definition) is 0. The molecule has 2 rings (SSSR count). The van der Waals surface area contributed by atoms with E-state index in [0.29, 0.717) is 11.7 Å². The van der Waals surface area contributed by atoms with Gasteiger partial charge in [0, 0.05) is 4.90 Å². The molecule has 0 atom stereocenters. The molecule has 0 heterocycles. The molecule has 0 N–H and O–H groups in total. The third kappa shape index (κ3) is 2.95. The molecule has 1 aromatic rings. The summed E-state index contributed by atoms with van der Waals surface area (Å²) in [4.78, 5) is 1.00. The molecule has 0 bridgehead atoms. The Morgan fingerprint density at radius 1 is 1.29 bits per heavy atom. The van der Waals surface area contributed by atoms with Crippen molar-refractivity contribution in [2.75, 3.05) is 6.26 Å². The second kappa shape index (κ2) is 5.97. The van der Waals surface area contributed by atoms with Crippen LogP contribution in [0, 0.1) is 11.3 Å². The summed E-state index contributed by atoms with van der Waals surface area (Å²) in [7, 11) is 0. The molecule has 0 aromatic heterocycles. The second-order valence-corrected chi connectivity index (χ2v) is 5.17. The molecule has 0 saturated heterocycles. The van der Waals surface area contributed by atoms with Crippen molar-refractivity contribution >= 4 is 11.8 Å². The van der Waals surface area contributed by atoms with Crippen LogP contribution in [0.3, 0.4) is 0 Å². The first-order valence-corrected chi connectivity index (χ1v) is 7.31. The Balaban J connectivity index is 2.17. The van der Waals surface area contributed by atoms with Crippen LogP contribution in [-0.4, -0.2) is 12.4 Å². The highest BCUT2D eigenvalue weighted by Gasteiger charge is 2.17. The quantitative estimate of drug-likeness (QED) is 0.757. The number of ether oxygens (including phenoxy) is 1. The van der Waals surface area contributed by atoms with Gasteiger partial charge in [-0.2, -0.15) is 5.26 Å². The maximum absolute atomic E-state index is 9.22. The van der Waals surface area contributed by atoms with Crippen LogP contribution < -0.4 is 4.74 Å². The Morgan fingerprint density at radius 3 is 2.71 bits per heavy atom. The molecule has 1 aliphatic rings. The fraction of sp³-hybridized carbons (Fsp3) is 0.500. The van der Waals surface area contributed by atoms with Crippen LogP contribution in [0.15, 0.2) is 23.1 Å². The van der Waals surface area contributed by atoms with Crippen molar-refractivity contribution in [2.24, 2.45) is 0 Å². The van der Waals surface area contributed by atoms with Gasteiger partial charge in [-0.3, -0.25) is 0 Å². The van der Waals surface area contributed by atoms with Crippen molar-refractivity contribution in [3.05, 3.63) is 23.8 Å². The van der Waals surface area contributed by atoms with E-state index >= 15 is 0 Å². The molecule has 17 heavy (non-hydrogen) atoms. The minimum atomic E-state index is 0.299. The minimum absolute atomic E-state index is 0.299. The first-order chi connectivity index (χ1) is 8.35. The monoisotopic (exact) mass is 247 g/mol. The van der Waals surface area contributed by atoms with Gasteiger partial charge < -0.3 is 4.74 Å². The molecule has 2 nitrogen and oxygen atoms in total. The summed E-state index contributed by atoms with van der Waals surface area (Å²) >= 11 is 1.59. The van der Waals surface area contributed by atoms with Gasteiger partial charge in [-0.05, 0) is 44.1 Å². The number of thioether (sulfide) groups is 1. The van der Waals surface area contributed by atoms with Crippen LogP contribution >= 0.6 is 11.8 Å². The van der Waals surface area contributed by atoms with E-state index in [9.17, 15) is 5.26 Å². The fourth-order valence-corrected chi connectivity index (χ4v) is 2.82. The molecule has 0 radical (unpaired) electrons. The third-order valence-corrected chi connectivity index (χ3v) is 3.95. The van der Waals surface area contributed by atoms with Crippen LogP contribution in [0.2, 0.25) is 0 Å². The van der Waals surface area contributed by atoms with E-state index in [1.165, 1.54) is 19.3 Å². The summed E-state index contributed by atoms with van der Waals surface area (Å²) in [6.45, 7) is 0. The van der Waals surface area contributed by atoms with E-state index in [4.69, 9.17) is 4.74 Å². The zero-order valence-electron chi connectivity index (χ0n) is 10.1. The lowest BCUT2D eigenvalue weighted by molar-refractivity contribution is 0.154. The Labute approximate surface area is 107 Å². The first-order valence-electron chi connectivity index (χ1n) is 6.09. The number of hydrogen-bond acceptors (Lipinski definition) is 3. The van der Waals surface area contributed by atoms with Crippen LogP contribution in [0.4, 0.5) is 0 Å². The van der Waals surface area contributed by atoms with Crippen molar-refractivity contribution in [3.8, 4) is 11.8 Å². The number of rotatable bonds is 3. The molecule has 1 fully saturated rings. The summed E-state index contributed by atoms with van der Waals surface area (Å²) < 4.78 is 5.98. The van der Waals surface area contributed by atoms with Crippen molar-refractivity contribution < 1.29 is 4.74 Å². The number of nitrogens with zero attached hydrogens (tertiary/aromatic N) is 1. The molecule has 90 valence electrons. The summed E-state index contributed by atoms with van der Waals surface area (Å²) in [6, 6.07) is 8.10. The molecule has 0 spiro atoms. The predicted octanol–water partition coefficient (Wildman–Crippen LogP) is 3.99. The van der Waals surface area contributed by atoms with E-state index in [0.717, 1.165) is 23.5 Å². The van der Waals surface area contributed by atoms with Gasteiger partial charge in [0.25, 0.3) is 0 Å². The molecule has 1 aliphatic carbocycles. The predicted molar refractivity (Wildman–Crippen MR) is 70.4 cm³/mol. The zero-order chi connectivity index (χ0) is 12.1. The van der Waals surface area contributed by atoms with Crippen molar-refractivity contribution in [1.82, 2.24) is 0 Å². The fourth-order valence-electron chi connectivity index (χ4n) is 2.25. The lowest BCUT2D eigenvalue weighted by Crippen LogP contribution is -2.20. The Hall–Kier alpha value is -1.14. The smallest absolute Gasteiger partial charge is 0.138 e. The molecule has 1 saturated carbocycles. The lowest BCUT2D eigenvalue weighted by atomic mass is 9.98. The molecular formula is C14H17NOS. The Kier molecular flexibility index (Phi) is 4.33. The van der Waals surface area contributed by atoms with Gasteiger partial charge in [0.2, 0.25) is 0 Å². The Morgan fingerprint density at radius 2 is 2.06 bits per heavy atom. The molecule has 0 aliphatic heterocycles. The molecule has 0 unspecified atom stereocenters. The van der Waals surface area contributed by atoms with Gasteiger partial charge in [0.1, 0.15) is 17.4 Å². The normalized spacial score (nSPS) is 16.5. The van der Waals surface area contributed by atoms with Crippen LogP contribution in [-0.2, 0) is 0 Å². The molecular weight excluding hydrogens is 230 g/mol. The lowest BCUT2D eigenvalue weighted by Gasteiger charge is -2.23. The van der Waals surface area contributed by atoms with E-state index in [2.05, 4.69) is 6.07 Å². The zero-order valence-corrected chi connectivity index (χ0v) is 10.9. The maximum atomic E-state index is 9.22. The molecule has 0 amide bonds. The van der Waals surface area contributed by atoms with E-state index in [-0.39, 0.29) is 0 Å². The van der Waals surface area contributed by atoms with E-state index in [1.807, 2.05) is 24.5 Å².